The second kappa shape index (κ2) is 15.9. The number of carbonyl (C=O) groups excluding carboxylic acids is 3. The minimum atomic E-state index is -3.84. The Bertz CT molecular complexity index is 1660. The van der Waals surface area contributed by atoms with Crippen molar-refractivity contribution in [3.05, 3.63) is 72.3 Å². The molecule has 45 heavy (non-hydrogen) atoms. The third-order valence-corrected chi connectivity index (χ3v) is 8.55. The number of unbranched alkanes of at least 4 members (excludes halogenated alkanes) is 1. The molecule has 0 radical (unpaired) electrons. The van der Waals surface area contributed by atoms with Gasteiger partial charge < -0.3 is 31.1 Å². The number of anilines is 1. The van der Waals surface area contributed by atoms with Gasteiger partial charge in [0.15, 0.2) is 11.5 Å². The Morgan fingerprint density at radius 1 is 0.867 bits per heavy atom. The Kier molecular flexibility index (Phi) is 12.3. The van der Waals surface area contributed by atoms with E-state index in [1.165, 1.54) is 12.1 Å². The molecule has 0 bridgehead atoms. The van der Waals surface area contributed by atoms with Crippen molar-refractivity contribution in [1.82, 2.24) is 20.7 Å². The normalized spacial score (nSPS) is 11.9. The van der Waals surface area contributed by atoms with Gasteiger partial charge in [-0.25, -0.2) is 13.1 Å². The van der Waals surface area contributed by atoms with Gasteiger partial charge in [0.05, 0.1) is 4.90 Å². The molecule has 0 fully saturated rings. The number of nitrogens with one attached hydrogen (secondary N) is 4. The number of carbonyl (C=O) groups is 3. The fraction of sp³-hybridized carbons (Fsp3) is 0.344. The topological polar surface area (TPSA) is 177 Å². The molecule has 242 valence electrons. The summed E-state index contributed by atoms with van der Waals surface area (Å²) >= 11 is 0. The van der Waals surface area contributed by atoms with Crippen molar-refractivity contribution in [1.29, 1.82) is 0 Å². The minimum absolute atomic E-state index is 0.0471. The monoisotopic (exact) mass is 639 g/mol. The summed E-state index contributed by atoms with van der Waals surface area (Å²) in [5, 5.41) is 28.8. The molecule has 0 aliphatic heterocycles. The van der Waals surface area contributed by atoms with E-state index in [-0.39, 0.29) is 41.6 Å². The number of benzene rings is 3. The molecular formula is C32H41N5O7S. The van der Waals surface area contributed by atoms with Crippen LogP contribution in [0.1, 0.15) is 43.0 Å². The number of amides is 3. The van der Waals surface area contributed by atoms with Crippen molar-refractivity contribution in [2.75, 3.05) is 38.6 Å². The number of phenols is 2. The first-order valence-electron chi connectivity index (χ1n) is 14.5. The number of sulfonamides is 1. The molecular weight excluding hydrogens is 598 g/mol. The van der Waals surface area contributed by atoms with Crippen LogP contribution >= 0.6 is 0 Å². The van der Waals surface area contributed by atoms with Gasteiger partial charge in [0.1, 0.15) is 6.04 Å². The Hall–Kier alpha value is -4.62. The van der Waals surface area contributed by atoms with Gasteiger partial charge in [-0.3, -0.25) is 14.4 Å². The van der Waals surface area contributed by atoms with Crippen molar-refractivity contribution in [3.8, 4) is 11.5 Å². The van der Waals surface area contributed by atoms with Crippen LogP contribution in [0.15, 0.2) is 71.6 Å². The van der Waals surface area contributed by atoms with Gasteiger partial charge in [0.25, 0.3) is 5.91 Å². The molecule has 0 heterocycles. The number of fused-ring (bicyclic) bond motifs is 1. The van der Waals surface area contributed by atoms with Crippen LogP contribution in [0.5, 0.6) is 11.5 Å². The van der Waals surface area contributed by atoms with E-state index in [0.29, 0.717) is 36.8 Å². The molecule has 0 aliphatic carbocycles. The van der Waals surface area contributed by atoms with Crippen LogP contribution in [0.25, 0.3) is 10.8 Å². The Morgan fingerprint density at radius 3 is 2.24 bits per heavy atom. The van der Waals surface area contributed by atoms with Crippen LogP contribution in [0.2, 0.25) is 0 Å². The SMILES string of the molecule is C=C(C)C(=O)NCCCNC(=O)C(CCCCNS(=O)(=O)c1cccc2c(N(C)C)cccc12)NC(=O)c1ccc(O)c(O)c1. The summed E-state index contributed by atoms with van der Waals surface area (Å²) in [6, 6.07) is 13.3. The Labute approximate surface area is 263 Å². The second-order valence-electron chi connectivity index (χ2n) is 10.8. The van der Waals surface area contributed by atoms with Crippen LogP contribution in [0.3, 0.4) is 0 Å². The Morgan fingerprint density at radius 2 is 1.56 bits per heavy atom. The van der Waals surface area contributed by atoms with Gasteiger partial charge in [-0.2, -0.15) is 0 Å². The largest absolute Gasteiger partial charge is 0.504 e. The lowest BCUT2D eigenvalue weighted by Gasteiger charge is -2.19. The number of hydrogen-bond acceptors (Lipinski definition) is 8. The highest BCUT2D eigenvalue weighted by molar-refractivity contribution is 7.89. The highest BCUT2D eigenvalue weighted by atomic mass is 32.2. The molecule has 12 nitrogen and oxygen atoms in total. The van der Waals surface area contributed by atoms with Crippen LogP contribution in [-0.4, -0.2) is 76.1 Å². The number of rotatable bonds is 16. The summed E-state index contributed by atoms with van der Waals surface area (Å²) in [5.74, 6) is -2.22. The molecule has 3 aromatic carbocycles. The van der Waals surface area contributed by atoms with Gasteiger partial charge in [-0.1, -0.05) is 30.8 Å². The molecule has 1 unspecified atom stereocenters. The second-order valence-corrected chi connectivity index (χ2v) is 12.6. The van der Waals surface area contributed by atoms with E-state index in [9.17, 15) is 33.0 Å². The molecule has 1 atom stereocenters. The molecule has 3 aromatic rings. The van der Waals surface area contributed by atoms with Gasteiger partial charge in [-0.05, 0) is 62.9 Å². The predicted molar refractivity (Wildman–Crippen MR) is 174 cm³/mol. The van der Waals surface area contributed by atoms with Crippen molar-refractivity contribution >= 4 is 44.2 Å². The fourth-order valence-corrected chi connectivity index (χ4v) is 5.89. The summed E-state index contributed by atoms with van der Waals surface area (Å²) in [7, 11) is -0.0510. The first-order valence-corrected chi connectivity index (χ1v) is 16.0. The molecule has 0 saturated carbocycles. The zero-order valence-electron chi connectivity index (χ0n) is 25.7. The molecule has 0 aliphatic rings. The summed E-state index contributed by atoms with van der Waals surface area (Å²) in [6.07, 6.45) is 1.44. The fourth-order valence-electron chi connectivity index (χ4n) is 4.60. The van der Waals surface area contributed by atoms with Crippen LogP contribution in [0.4, 0.5) is 5.69 Å². The van der Waals surface area contributed by atoms with Crippen LogP contribution in [0, 0.1) is 0 Å². The van der Waals surface area contributed by atoms with Gasteiger partial charge in [0.2, 0.25) is 21.8 Å². The molecule has 6 N–H and O–H groups in total. The first kappa shape index (κ1) is 34.9. The van der Waals surface area contributed by atoms with E-state index >= 15 is 0 Å². The number of aromatic hydroxyl groups is 2. The van der Waals surface area contributed by atoms with E-state index < -0.39 is 33.6 Å². The van der Waals surface area contributed by atoms with E-state index in [1.54, 1.807) is 25.1 Å². The van der Waals surface area contributed by atoms with Crippen molar-refractivity contribution in [2.24, 2.45) is 0 Å². The van der Waals surface area contributed by atoms with Crippen LogP contribution in [-0.2, 0) is 19.6 Å². The molecule has 0 saturated heterocycles. The average Bonchev–Trinajstić information content (AvgIpc) is 3.00. The molecule has 0 spiro atoms. The van der Waals surface area contributed by atoms with E-state index in [2.05, 4.69) is 27.3 Å². The molecule has 3 rings (SSSR count). The zero-order valence-corrected chi connectivity index (χ0v) is 26.5. The van der Waals surface area contributed by atoms with E-state index in [1.807, 2.05) is 37.2 Å². The van der Waals surface area contributed by atoms with Gasteiger partial charge in [0, 0.05) is 61.3 Å². The van der Waals surface area contributed by atoms with Crippen molar-refractivity contribution in [3.63, 3.8) is 0 Å². The number of hydrogen-bond donors (Lipinski definition) is 6. The summed E-state index contributed by atoms with van der Waals surface area (Å²) < 4.78 is 29.1. The molecule has 13 heteroatoms. The third kappa shape index (κ3) is 9.68. The Balaban J connectivity index is 1.61. The summed E-state index contributed by atoms with van der Waals surface area (Å²) in [4.78, 5) is 39.6. The highest BCUT2D eigenvalue weighted by Gasteiger charge is 2.22. The maximum Gasteiger partial charge on any atom is 0.252 e. The van der Waals surface area contributed by atoms with Gasteiger partial charge >= 0.3 is 0 Å². The maximum absolute atomic E-state index is 13.2. The predicted octanol–water partition coefficient (Wildman–Crippen LogP) is 2.76. The summed E-state index contributed by atoms with van der Waals surface area (Å²) in [5.41, 5.74) is 1.32. The molecule has 0 aromatic heterocycles. The number of nitrogens with zero attached hydrogens (tertiary/aromatic N) is 1. The van der Waals surface area contributed by atoms with Gasteiger partial charge in [-0.15, -0.1) is 0 Å². The lowest BCUT2D eigenvalue weighted by atomic mass is 10.1. The van der Waals surface area contributed by atoms with Crippen LogP contribution < -0.4 is 25.6 Å². The van der Waals surface area contributed by atoms with E-state index in [0.717, 1.165) is 17.1 Å². The average molecular weight is 640 g/mol. The minimum Gasteiger partial charge on any atom is -0.504 e. The smallest absolute Gasteiger partial charge is 0.252 e. The van der Waals surface area contributed by atoms with Crippen molar-refractivity contribution < 1.29 is 33.0 Å². The lowest BCUT2D eigenvalue weighted by molar-refractivity contribution is -0.123. The summed E-state index contributed by atoms with van der Waals surface area (Å²) in [6.45, 7) is 5.83. The first-order chi connectivity index (χ1) is 21.3. The zero-order chi connectivity index (χ0) is 33.1. The lowest BCUT2D eigenvalue weighted by Crippen LogP contribution is -2.47. The molecule has 3 amide bonds. The number of phenolic OH excluding ortho intramolecular Hbond substituents is 2. The van der Waals surface area contributed by atoms with E-state index in [4.69, 9.17) is 0 Å². The van der Waals surface area contributed by atoms with Crippen molar-refractivity contribution in [2.45, 2.75) is 43.5 Å². The highest BCUT2D eigenvalue weighted by Crippen LogP contribution is 2.30. The maximum atomic E-state index is 13.2. The quantitative estimate of drug-likeness (QED) is 0.0787. The standard InChI is InChI=1S/C32H41N5O7S/c1-21(2)30(40)33-17-9-18-34-32(42)25(36-31(41)22-15-16-27(38)28(39)20-22)12-5-6-19-35-45(43,44)29-14-8-10-23-24(29)11-7-13-26(23)37(3)4/h7-8,10-11,13-16,20,25,35,38-39H,1,5-6,9,12,17-19H2,2-4H3,(H,33,40)(H,34,42)(H,36,41). The third-order valence-electron chi connectivity index (χ3n) is 7.03.